The zero-order chi connectivity index (χ0) is 17.7. The summed E-state index contributed by atoms with van der Waals surface area (Å²) in [6.45, 7) is 5.69. The second-order valence-corrected chi connectivity index (χ2v) is 7.33. The van der Waals surface area contributed by atoms with E-state index in [9.17, 15) is 9.59 Å². The lowest BCUT2D eigenvalue weighted by atomic mass is 10.1. The number of hydrogen-bond donors (Lipinski definition) is 0. The fourth-order valence-electron chi connectivity index (χ4n) is 2.46. The second-order valence-electron chi connectivity index (χ2n) is 5.65. The van der Waals surface area contributed by atoms with E-state index in [1.807, 2.05) is 35.2 Å². The van der Waals surface area contributed by atoms with Gasteiger partial charge in [-0.3, -0.25) is 14.5 Å². The van der Waals surface area contributed by atoms with Crippen molar-refractivity contribution in [2.75, 3.05) is 20.1 Å². The van der Waals surface area contributed by atoms with Crippen LogP contribution < -0.4 is 0 Å². The topological polar surface area (TPSA) is 40.6 Å². The van der Waals surface area contributed by atoms with Crippen LogP contribution in [0, 0.1) is 0 Å². The largest absolute Gasteiger partial charge is 0.339 e. The molecule has 1 aliphatic heterocycles. The third-order valence-corrected chi connectivity index (χ3v) is 5.20. The van der Waals surface area contributed by atoms with Crippen molar-refractivity contribution in [2.24, 2.45) is 0 Å². The number of rotatable bonds is 6. The summed E-state index contributed by atoms with van der Waals surface area (Å²) in [6, 6.07) is 7.37. The zero-order valence-corrected chi connectivity index (χ0v) is 15.9. The van der Waals surface area contributed by atoms with Crippen molar-refractivity contribution in [3.8, 4) is 0 Å². The predicted octanol–water partition coefficient (Wildman–Crippen LogP) is 3.78. The molecule has 0 unspecified atom stereocenters. The van der Waals surface area contributed by atoms with Crippen molar-refractivity contribution in [3.63, 3.8) is 0 Å². The van der Waals surface area contributed by atoms with Crippen LogP contribution in [0.2, 0.25) is 0 Å². The number of benzene rings is 1. The number of thioether (sulfide) groups is 1. The Balaban J connectivity index is 2.14. The highest BCUT2D eigenvalue weighted by atomic mass is 32.2. The molecule has 0 aromatic heterocycles. The summed E-state index contributed by atoms with van der Waals surface area (Å²) in [5, 5.41) is 0. The van der Waals surface area contributed by atoms with Gasteiger partial charge in [0, 0.05) is 25.7 Å². The average Bonchev–Trinajstić information content (AvgIpc) is 2.82. The number of nitrogens with zero attached hydrogens (tertiary/aromatic N) is 2. The van der Waals surface area contributed by atoms with Crippen LogP contribution in [0.5, 0.6) is 0 Å². The van der Waals surface area contributed by atoms with E-state index in [1.54, 1.807) is 7.05 Å². The van der Waals surface area contributed by atoms with E-state index in [1.165, 1.54) is 16.7 Å². The van der Waals surface area contributed by atoms with Crippen LogP contribution >= 0.6 is 24.0 Å². The minimum atomic E-state index is -0.0813. The van der Waals surface area contributed by atoms with Crippen LogP contribution in [0.25, 0.3) is 6.08 Å². The van der Waals surface area contributed by atoms with Gasteiger partial charge in [-0.2, -0.15) is 0 Å². The highest BCUT2D eigenvalue weighted by Gasteiger charge is 2.28. The molecule has 0 N–H and O–H groups in total. The molecule has 0 atom stereocenters. The minimum absolute atomic E-state index is 0.0603. The lowest BCUT2D eigenvalue weighted by Gasteiger charge is -2.21. The molecule has 1 aromatic rings. The Kier molecular flexibility index (Phi) is 6.57. The van der Waals surface area contributed by atoms with Crippen LogP contribution in [0.1, 0.15) is 42.6 Å². The van der Waals surface area contributed by atoms with Crippen molar-refractivity contribution in [1.29, 1.82) is 0 Å². The third kappa shape index (κ3) is 4.24. The highest BCUT2D eigenvalue weighted by molar-refractivity contribution is 8.26. The molecule has 1 aromatic carbocycles. The molecular weight excluding hydrogens is 340 g/mol. The van der Waals surface area contributed by atoms with Gasteiger partial charge in [0.05, 0.1) is 4.91 Å². The lowest BCUT2D eigenvalue weighted by Crippen LogP contribution is -2.32. The molecule has 2 rings (SSSR count). The molecule has 1 saturated heterocycles. The van der Waals surface area contributed by atoms with Gasteiger partial charge in [-0.25, -0.2) is 0 Å². The van der Waals surface area contributed by atoms with E-state index < -0.39 is 0 Å². The molecule has 0 spiro atoms. The number of likely N-dealkylation sites (N-methyl/N-ethyl adjacent to an activating group) is 1. The van der Waals surface area contributed by atoms with E-state index in [0.29, 0.717) is 14.8 Å². The monoisotopic (exact) mass is 362 g/mol. The Labute approximate surface area is 152 Å². The van der Waals surface area contributed by atoms with E-state index >= 15 is 0 Å². The van der Waals surface area contributed by atoms with Crippen LogP contribution in [0.4, 0.5) is 0 Å². The Morgan fingerprint density at radius 1 is 1.21 bits per heavy atom. The molecule has 1 fully saturated rings. The van der Waals surface area contributed by atoms with Gasteiger partial charge >= 0.3 is 0 Å². The molecule has 24 heavy (non-hydrogen) atoms. The molecule has 2 amide bonds. The van der Waals surface area contributed by atoms with Crippen molar-refractivity contribution in [1.82, 2.24) is 9.80 Å². The fourth-order valence-corrected chi connectivity index (χ4v) is 3.64. The number of carbonyl (C=O) groups is 2. The lowest BCUT2D eigenvalue weighted by molar-refractivity contribution is -0.121. The Morgan fingerprint density at radius 2 is 1.79 bits per heavy atom. The van der Waals surface area contributed by atoms with Crippen molar-refractivity contribution < 1.29 is 9.59 Å². The van der Waals surface area contributed by atoms with Gasteiger partial charge in [-0.05, 0) is 36.6 Å². The number of amides is 2. The normalized spacial score (nSPS) is 16.1. The summed E-state index contributed by atoms with van der Waals surface area (Å²) in [5.41, 5.74) is 1.56. The van der Waals surface area contributed by atoms with E-state index in [4.69, 9.17) is 12.2 Å². The summed E-state index contributed by atoms with van der Waals surface area (Å²) < 4.78 is 0.563. The van der Waals surface area contributed by atoms with Crippen molar-refractivity contribution in [2.45, 2.75) is 26.7 Å². The van der Waals surface area contributed by atoms with Gasteiger partial charge in [-0.15, -0.1) is 0 Å². The van der Waals surface area contributed by atoms with Gasteiger partial charge in [0.25, 0.3) is 11.8 Å². The number of hydrogen-bond acceptors (Lipinski definition) is 4. The minimum Gasteiger partial charge on any atom is -0.339 e. The first-order valence-electron chi connectivity index (χ1n) is 8.08. The van der Waals surface area contributed by atoms with Gasteiger partial charge in [0.1, 0.15) is 4.32 Å². The smallest absolute Gasteiger partial charge is 0.265 e. The predicted molar refractivity (Wildman–Crippen MR) is 104 cm³/mol. The SMILES string of the molecule is CCCN(CCC)C(=O)c1ccc(/C=C2\SC(=S)N(C)C2=O)cc1. The maximum absolute atomic E-state index is 12.5. The van der Waals surface area contributed by atoms with Gasteiger partial charge in [0.15, 0.2) is 0 Å². The van der Waals surface area contributed by atoms with Crippen LogP contribution in [0.15, 0.2) is 29.2 Å². The summed E-state index contributed by atoms with van der Waals surface area (Å²) >= 11 is 6.42. The summed E-state index contributed by atoms with van der Waals surface area (Å²) in [4.78, 5) is 28.5. The molecule has 1 heterocycles. The molecule has 4 nitrogen and oxygen atoms in total. The fraction of sp³-hybridized carbons (Fsp3) is 0.389. The second kappa shape index (κ2) is 8.44. The maximum atomic E-state index is 12.5. The summed E-state index contributed by atoms with van der Waals surface area (Å²) in [5.74, 6) is -0.0210. The van der Waals surface area contributed by atoms with Crippen LogP contribution in [-0.4, -0.2) is 46.1 Å². The first-order chi connectivity index (χ1) is 11.5. The molecule has 0 saturated carbocycles. The first-order valence-corrected chi connectivity index (χ1v) is 9.31. The Bertz CT molecular complexity index is 662. The first kappa shape index (κ1) is 18.7. The molecular formula is C18H22N2O2S2. The van der Waals surface area contributed by atoms with Crippen LogP contribution in [-0.2, 0) is 4.79 Å². The number of thiocarbonyl (C=S) groups is 1. The van der Waals surface area contributed by atoms with E-state index in [2.05, 4.69) is 13.8 Å². The van der Waals surface area contributed by atoms with E-state index in [-0.39, 0.29) is 11.8 Å². The quantitative estimate of drug-likeness (QED) is 0.570. The van der Waals surface area contributed by atoms with Crippen LogP contribution in [0.3, 0.4) is 0 Å². The van der Waals surface area contributed by atoms with Gasteiger partial charge in [0.2, 0.25) is 0 Å². The molecule has 128 valence electrons. The third-order valence-electron chi connectivity index (χ3n) is 3.72. The highest BCUT2D eigenvalue weighted by Crippen LogP contribution is 2.31. The molecule has 1 aliphatic rings. The van der Waals surface area contributed by atoms with E-state index in [0.717, 1.165) is 31.5 Å². The van der Waals surface area contributed by atoms with Crippen molar-refractivity contribution >= 4 is 46.2 Å². The standard InChI is InChI=1S/C18H22N2O2S2/c1-4-10-20(11-5-2)16(21)14-8-6-13(7-9-14)12-15-17(22)19(3)18(23)24-15/h6-9,12H,4-5,10-11H2,1-3H3/b15-12-. The van der Waals surface area contributed by atoms with Gasteiger partial charge < -0.3 is 4.90 Å². The maximum Gasteiger partial charge on any atom is 0.265 e. The summed E-state index contributed by atoms with van der Waals surface area (Å²) in [6.07, 6.45) is 3.71. The summed E-state index contributed by atoms with van der Waals surface area (Å²) in [7, 11) is 1.68. The Hall–Kier alpha value is -1.66. The average molecular weight is 363 g/mol. The molecule has 0 radical (unpaired) electrons. The molecule has 0 aliphatic carbocycles. The van der Waals surface area contributed by atoms with Crippen molar-refractivity contribution in [3.05, 3.63) is 40.3 Å². The molecule has 0 bridgehead atoms. The zero-order valence-electron chi connectivity index (χ0n) is 14.2. The number of carbonyl (C=O) groups excluding carboxylic acids is 2. The van der Waals surface area contributed by atoms with Gasteiger partial charge in [-0.1, -0.05) is 50.0 Å². The Morgan fingerprint density at radius 3 is 2.25 bits per heavy atom. The molecule has 6 heteroatoms.